The van der Waals surface area contributed by atoms with Gasteiger partial charge in [0.2, 0.25) is 10.0 Å². The molecule has 0 aliphatic carbocycles. The maximum Gasteiger partial charge on any atom is 0.266 e. The van der Waals surface area contributed by atoms with Crippen molar-refractivity contribution in [3.05, 3.63) is 53.4 Å². The Morgan fingerprint density at radius 3 is 2.46 bits per heavy atom. The van der Waals surface area contributed by atoms with Gasteiger partial charge in [0, 0.05) is 12.0 Å². The van der Waals surface area contributed by atoms with Crippen LogP contribution in [0, 0.1) is 0 Å². The second kappa shape index (κ2) is 11.1. The first kappa shape index (κ1) is 26.5. The van der Waals surface area contributed by atoms with Crippen molar-refractivity contribution in [1.29, 1.82) is 0 Å². The molecule has 0 fully saturated rings. The summed E-state index contributed by atoms with van der Waals surface area (Å²) in [6.07, 6.45) is 0.651. The summed E-state index contributed by atoms with van der Waals surface area (Å²) in [6, 6.07) is 8.23. The van der Waals surface area contributed by atoms with Crippen LogP contribution in [0.15, 0.2) is 51.7 Å². The second-order valence-corrected chi connectivity index (χ2v) is 10.7. The Morgan fingerprint density at radius 1 is 1.06 bits per heavy atom. The van der Waals surface area contributed by atoms with E-state index in [1.54, 1.807) is 30.3 Å². The summed E-state index contributed by atoms with van der Waals surface area (Å²) in [4.78, 5) is -0.0217. The second-order valence-electron chi connectivity index (χ2n) is 7.31. The van der Waals surface area contributed by atoms with E-state index in [0.717, 1.165) is 11.0 Å². The molecule has 11 nitrogen and oxygen atoms in total. The van der Waals surface area contributed by atoms with Gasteiger partial charge in [0.05, 0.1) is 27.4 Å². The number of sulfonamides is 2. The number of fused-ring (bicyclic) bond motifs is 1. The van der Waals surface area contributed by atoms with E-state index in [2.05, 4.69) is 21.2 Å². The molecule has 1 aromatic heterocycles. The zero-order valence-electron chi connectivity index (χ0n) is 19.5. The molecule has 0 atom stereocenters. The third kappa shape index (κ3) is 6.31. The largest absolute Gasteiger partial charge is 0.496 e. The predicted octanol–water partition coefficient (Wildman–Crippen LogP) is 2.79. The van der Waals surface area contributed by atoms with Gasteiger partial charge in [-0.1, -0.05) is 24.7 Å². The number of aromatic nitrogens is 1. The van der Waals surface area contributed by atoms with E-state index >= 15 is 0 Å². The van der Waals surface area contributed by atoms with Crippen molar-refractivity contribution >= 4 is 36.8 Å². The highest BCUT2D eigenvalue weighted by molar-refractivity contribution is 7.93. The first-order chi connectivity index (χ1) is 16.6. The lowest BCUT2D eigenvalue weighted by atomic mass is 10.1. The topological polar surface area (TPSA) is 146 Å². The number of rotatable bonds is 13. The minimum absolute atomic E-state index is 0.0217. The van der Waals surface area contributed by atoms with Crippen molar-refractivity contribution in [3.63, 3.8) is 0 Å². The molecule has 0 radical (unpaired) electrons. The zero-order valence-corrected chi connectivity index (χ0v) is 21.2. The van der Waals surface area contributed by atoms with Gasteiger partial charge >= 0.3 is 0 Å². The third-order valence-electron chi connectivity index (χ3n) is 5.01. The van der Waals surface area contributed by atoms with Gasteiger partial charge in [-0.25, -0.2) is 21.6 Å². The number of hydrogen-bond acceptors (Lipinski definition) is 9. The minimum atomic E-state index is -4.06. The molecule has 2 aromatic carbocycles. The average molecular weight is 526 g/mol. The van der Waals surface area contributed by atoms with Crippen LogP contribution >= 0.6 is 0 Å². The van der Waals surface area contributed by atoms with Gasteiger partial charge in [0.1, 0.15) is 21.8 Å². The van der Waals surface area contributed by atoms with Gasteiger partial charge in [-0.05, 0) is 41.8 Å². The van der Waals surface area contributed by atoms with Gasteiger partial charge in [0.25, 0.3) is 10.0 Å². The van der Waals surface area contributed by atoms with Crippen LogP contribution in [0.3, 0.4) is 0 Å². The first-order valence-corrected chi connectivity index (χ1v) is 13.5. The number of anilines is 1. The quantitative estimate of drug-likeness (QED) is 0.322. The number of nitrogens with one attached hydrogen (secondary N) is 2. The molecule has 0 aliphatic rings. The minimum Gasteiger partial charge on any atom is -0.496 e. The molecule has 35 heavy (non-hydrogen) atoms. The summed E-state index contributed by atoms with van der Waals surface area (Å²) < 4.78 is 75.3. The van der Waals surface area contributed by atoms with Crippen LogP contribution in [0.4, 0.5) is 5.82 Å². The summed E-state index contributed by atoms with van der Waals surface area (Å²) >= 11 is 0. The van der Waals surface area contributed by atoms with Crippen LogP contribution < -0.4 is 18.9 Å². The van der Waals surface area contributed by atoms with Crippen molar-refractivity contribution in [2.24, 2.45) is 0 Å². The number of benzene rings is 2. The Bertz CT molecular complexity index is 1420. The van der Waals surface area contributed by atoms with E-state index in [1.807, 2.05) is 6.92 Å². The molecule has 3 aromatic rings. The monoisotopic (exact) mass is 525 g/mol. The van der Waals surface area contributed by atoms with E-state index in [9.17, 15) is 16.8 Å². The van der Waals surface area contributed by atoms with Crippen molar-refractivity contribution in [2.75, 3.05) is 32.1 Å². The van der Waals surface area contributed by atoms with Crippen LogP contribution in [0.5, 0.6) is 11.5 Å². The van der Waals surface area contributed by atoms with Crippen molar-refractivity contribution in [2.45, 2.75) is 24.8 Å². The number of methoxy groups -OCH3 is 2. The van der Waals surface area contributed by atoms with Crippen molar-refractivity contribution in [1.82, 2.24) is 9.88 Å². The predicted molar refractivity (Wildman–Crippen MR) is 131 cm³/mol. The third-order valence-corrected chi connectivity index (χ3v) is 7.42. The highest BCUT2D eigenvalue weighted by Crippen LogP contribution is 2.36. The van der Waals surface area contributed by atoms with Crippen LogP contribution in [0.2, 0.25) is 0 Å². The lowest BCUT2D eigenvalue weighted by molar-refractivity contribution is 0.126. The molecule has 0 amide bonds. The van der Waals surface area contributed by atoms with Crippen LogP contribution in [0.25, 0.3) is 11.0 Å². The standard InChI is InChI=1S/C22H27N3O8S2/c1-5-15-7-8-17(30-3)20(13-15)35(28,29)25-22-21-18(31-4)11-16(12-19(21)33-24-22)14-32-10-9-23-34(26,27)6-2/h6-8,11-13,23H,2,5,9-10,14H2,1,3-4H3,(H,24,25). The van der Waals surface area contributed by atoms with E-state index in [1.165, 1.54) is 14.2 Å². The number of nitrogens with zero attached hydrogens (tertiary/aromatic N) is 1. The number of ether oxygens (including phenoxy) is 3. The molecule has 1 heterocycles. The smallest absolute Gasteiger partial charge is 0.266 e. The van der Waals surface area contributed by atoms with Gasteiger partial charge < -0.3 is 18.7 Å². The maximum absolute atomic E-state index is 13.2. The molecule has 0 bridgehead atoms. The summed E-state index contributed by atoms with van der Waals surface area (Å²) in [7, 11) is -4.75. The first-order valence-electron chi connectivity index (χ1n) is 10.5. The molecular formula is C22H27N3O8S2. The Kier molecular flexibility index (Phi) is 8.38. The normalized spacial score (nSPS) is 12.0. The van der Waals surface area contributed by atoms with Crippen LogP contribution in [-0.2, 0) is 37.8 Å². The average Bonchev–Trinajstić information content (AvgIpc) is 3.24. The molecule has 0 aliphatic heterocycles. The highest BCUT2D eigenvalue weighted by Gasteiger charge is 2.25. The van der Waals surface area contributed by atoms with E-state index in [0.29, 0.717) is 23.1 Å². The Morgan fingerprint density at radius 2 is 1.80 bits per heavy atom. The molecule has 0 unspecified atom stereocenters. The van der Waals surface area contributed by atoms with Gasteiger partial charge in [-0.2, -0.15) is 0 Å². The molecular weight excluding hydrogens is 498 g/mol. The maximum atomic E-state index is 13.2. The van der Waals surface area contributed by atoms with E-state index in [-0.39, 0.29) is 41.8 Å². The fourth-order valence-corrected chi connectivity index (χ4v) is 4.95. The molecule has 190 valence electrons. The molecule has 3 rings (SSSR count). The summed E-state index contributed by atoms with van der Waals surface area (Å²) in [5.74, 6) is 0.484. The molecule has 0 spiro atoms. The van der Waals surface area contributed by atoms with E-state index < -0.39 is 20.0 Å². The summed E-state index contributed by atoms with van der Waals surface area (Å²) in [6.45, 7) is 5.46. The Hall–Kier alpha value is -3.13. The lowest BCUT2D eigenvalue weighted by Crippen LogP contribution is -2.25. The fraction of sp³-hybridized carbons (Fsp3) is 0.318. The Balaban J connectivity index is 1.82. The zero-order chi connectivity index (χ0) is 25.6. The molecule has 2 N–H and O–H groups in total. The van der Waals surface area contributed by atoms with Crippen molar-refractivity contribution in [3.8, 4) is 11.5 Å². The summed E-state index contributed by atoms with van der Waals surface area (Å²) in [5, 5.41) is 5.04. The lowest BCUT2D eigenvalue weighted by Gasteiger charge is -2.12. The van der Waals surface area contributed by atoms with Crippen molar-refractivity contribution < 1.29 is 35.6 Å². The number of hydrogen-bond donors (Lipinski definition) is 2. The highest BCUT2D eigenvalue weighted by atomic mass is 32.2. The van der Waals surface area contributed by atoms with E-state index in [4.69, 9.17) is 18.7 Å². The SMILES string of the molecule is C=CS(=O)(=O)NCCOCc1cc(OC)c2c(NS(=O)(=O)c3cc(CC)ccc3OC)noc2c1. The Labute approximate surface area is 204 Å². The van der Waals surface area contributed by atoms with Gasteiger partial charge in [0.15, 0.2) is 11.4 Å². The van der Waals surface area contributed by atoms with Gasteiger partial charge in [-0.3, -0.25) is 4.72 Å². The van der Waals surface area contributed by atoms with Crippen LogP contribution in [0.1, 0.15) is 18.1 Å². The molecule has 0 saturated heterocycles. The molecule has 0 saturated carbocycles. The molecule has 13 heteroatoms. The summed E-state index contributed by atoms with van der Waals surface area (Å²) in [5.41, 5.74) is 1.77. The number of aryl methyl sites for hydroxylation is 1. The van der Waals surface area contributed by atoms with Crippen LogP contribution in [-0.4, -0.2) is 49.4 Å². The van der Waals surface area contributed by atoms with Gasteiger partial charge in [-0.15, -0.1) is 0 Å². The fourth-order valence-electron chi connectivity index (χ4n) is 3.24.